The van der Waals surface area contributed by atoms with Crippen molar-refractivity contribution in [2.24, 2.45) is 0 Å². The summed E-state index contributed by atoms with van der Waals surface area (Å²) in [6, 6.07) is 0. The van der Waals surface area contributed by atoms with Gasteiger partial charge in [0, 0.05) is 0 Å². The van der Waals surface area contributed by atoms with Crippen LogP contribution >= 0.6 is 0 Å². The Morgan fingerprint density at radius 3 is 1.29 bits per heavy atom. The molecule has 0 amide bonds. The molecule has 0 atom stereocenters. The molecule has 0 radical (unpaired) electrons. The second-order valence-electron chi connectivity index (χ2n) is 3.03. The van der Waals surface area contributed by atoms with Crippen molar-refractivity contribution in [1.29, 1.82) is 0 Å². The van der Waals surface area contributed by atoms with E-state index < -0.39 is 18.3 Å². The van der Waals surface area contributed by atoms with Crippen LogP contribution in [0.5, 0.6) is 0 Å². The van der Waals surface area contributed by atoms with Gasteiger partial charge in [-0.3, -0.25) is 0 Å². The third kappa shape index (κ3) is 6.90. The standard InChI is InChI=1S/3C3H7O.FH.Ti/c3*1-2-3-4;;/h3*2-3H2,1H3;1H;/q3*-1;;+4/p-1. The molecule has 0 saturated carbocycles. The zero-order chi connectivity index (χ0) is 10.9. The fourth-order valence-electron chi connectivity index (χ4n) is 0.797. The number of hydrogen-bond donors (Lipinski definition) is 0. The first-order valence-corrected chi connectivity index (χ1v) is 7.79. The van der Waals surface area contributed by atoms with Crippen molar-refractivity contribution < 1.29 is 31.3 Å². The van der Waals surface area contributed by atoms with Crippen LogP contribution in [-0.4, -0.2) is 19.8 Å². The molecule has 3 nitrogen and oxygen atoms in total. The van der Waals surface area contributed by atoms with Gasteiger partial charge in [0.25, 0.3) is 0 Å². The van der Waals surface area contributed by atoms with E-state index in [0.29, 0.717) is 19.8 Å². The van der Waals surface area contributed by atoms with Crippen LogP contribution in [0, 0.1) is 0 Å². The van der Waals surface area contributed by atoms with Crippen LogP contribution in [0.25, 0.3) is 0 Å². The second kappa shape index (κ2) is 8.80. The fourth-order valence-corrected chi connectivity index (χ4v) is 3.29. The van der Waals surface area contributed by atoms with Crippen molar-refractivity contribution >= 4 is 0 Å². The Morgan fingerprint density at radius 2 is 1.07 bits per heavy atom. The molecule has 0 heterocycles. The average molecular weight is 244 g/mol. The van der Waals surface area contributed by atoms with Crippen LogP contribution in [-0.2, 0) is 28.2 Å². The van der Waals surface area contributed by atoms with Crippen LogP contribution in [0.15, 0.2) is 0 Å². The van der Waals surface area contributed by atoms with Crippen LogP contribution < -0.4 is 0 Å². The molecule has 0 bridgehead atoms. The van der Waals surface area contributed by atoms with E-state index in [4.69, 9.17) is 9.96 Å². The molecule has 0 N–H and O–H groups in total. The predicted molar refractivity (Wildman–Crippen MR) is 49.8 cm³/mol. The quantitative estimate of drug-likeness (QED) is 0.583. The van der Waals surface area contributed by atoms with Crippen molar-refractivity contribution in [2.75, 3.05) is 19.8 Å². The van der Waals surface area contributed by atoms with Crippen LogP contribution in [0.3, 0.4) is 0 Å². The molecule has 14 heavy (non-hydrogen) atoms. The van der Waals surface area contributed by atoms with Crippen molar-refractivity contribution in [3.8, 4) is 0 Å². The molecule has 0 aliphatic carbocycles. The topological polar surface area (TPSA) is 27.7 Å². The fraction of sp³-hybridized carbons (Fsp3) is 1.00. The van der Waals surface area contributed by atoms with E-state index in [1.807, 2.05) is 20.8 Å². The average Bonchev–Trinajstić information content (AvgIpc) is 2.21. The van der Waals surface area contributed by atoms with E-state index in [1.165, 1.54) is 0 Å². The molecule has 0 aromatic heterocycles. The number of halogens is 1. The second-order valence-corrected chi connectivity index (χ2v) is 5.88. The molecule has 86 valence electrons. The predicted octanol–water partition coefficient (Wildman–Crippen LogP) is 3.05. The zero-order valence-electron chi connectivity index (χ0n) is 9.35. The van der Waals surface area contributed by atoms with Crippen molar-refractivity contribution in [1.82, 2.24) is 0 Å². The van der Waals surface area contributed by atoms with E-state index in [2.05, 4.69) is 0 Å². The molecule has 0 rings (SSSR count). The van der Waals surface area contributed by atoms with Crippen molar-refractivity contribution in [3.63, 3.8) is 0 Å². The first-order valence-electron chi connectivity index (χ1n) is 5.29. The third-order valence-corrected chi connectivity index (χ3v) is 4.01. The van der Waals surface area contributed by atoms with Gasteiger partial charge in [-0.05, 0) is 0 Å². The summed E-state index contributed by atoms with van der Waals surface area (Å²) in [7, 11) is 0. The summed E-state index contributed by atoms with van der Waals surface area (Å²) in [5, 5.41) is 0. The summed E-state index contributed by atoms with van der Waals surface area (Å²) in [6.07, 6.45) is 2.34. The summed E-state index contributed by atoms with van der Waals surface area (Å²) in [6.45, 7) is 6.94. The van der Waals surface area contributed by atoms with Gasteiger partial charge in [-0.25, -0.2) is 0 Å². The van der Waals surface area contributed by atoms with E-state index in [-0.39, 0.29) is 0 Å². The van der Waals surface area contributed by atoms with E-state index in [1.54, 1.807) is 0 Å². The van der Waals surface area contributed by atoms with Crippen molar-refractivity contribution in [2.45, 2.75) is 40.0 Å². The third-order valence-electron chi connectivity index (χ3n) is 1.44. The zero-order valence-corrected chi connectivity index (χ0v) is 10.9. The van der Waals surface area contributed by atoms with E-state index >= 15 is 0 Å². The maximum absolute atomic E-state index is 13.9. The first-order chi connectivity index (χ1) is 6.68. The number of hydrogen-bond acceptors (Lipinski definition) is 3. The molecule has 0 spiro atoms. The Bertz CT molecular complexity index is 113. The summed E-state index contributed by atoms with van der Waals surface area (Å²) in [4.78, 5) is 0. The van der Waals surface area contributed by atoms with Gasteiger partial charge >= 0.3 is 91.2 Å². The van der Waals surface area contributed by atoms with E-state index in [0.717, 1.165) is 19.3 Å². The molecule has 0 saturated heterocycles. The monoisotopic (exact) mass is 244 g/mol. The van der Waals surface area contributed by atoms with E-state index in [9.17, 15) is 3.09 Å². The first kappa shape index (κ1) is 14.5. The summed E-state index contributed by atoms with van der Waals surface area (Å²) >= 11 is -4.33. The molecule has 0 fully saturated rings. The molecule has 5 heteroatoms. The van der Waals surface area contributed by atoms with Gasteiger partial charge in [-0.1, -0.05) is 0 Å². The molecule has 0 aromatic carbocycles. The van der Waals surface area contributed by atoms with Crippen LogP contribution in [0.4, 0.5) is 3.09 Å². The summed E-state index contributed by atoms with van der Waals surface area (Å²) in [5.74, 6) is 0. The van der Waals surface area contributed by atoms with Gasteiger partial charge in [-0.15, -0.1) is 0 Å². The van der Waals surface area contributed by atoms with Crippen molar-refractivity contribution in [3.05, 3.63) is 0 Å². The van der Waals surface area contributed by atoms with Gasteiger partial charge in [0.15, 0.2) is 0 Å². The van der Waals surface area contributed by atoms with Crippen LogP contribution in [0.1, 0.15) is 40.0 Å². The Labute approximate surface area is 91.4 Å². The molecule has 0 aliphatic heterocycles. The van der Waals surface area contributed by atoms with Gasteiger partial charge in [0.05, 0.1) is 0 Å². The van der Waals surface area contributed by atoms with Gasteiger partial charge in [0.1, 0.15) is 0 Å². The minimum atomic E-state index is -4.33. The van der Waals surface area contributed by atoms with Gasteiger partial charge in [-0.2, -0.15) is 0 Å². The Morgan fingerprint density at radius 1 is 0.786 bits per heavy atom. The van der Waals surface area contributed by atoms with Gasteiger partial charge < -0.3 is 0 Å². The Balaban J connectivity index is 3.89. The maximum atomic E-state index is 13.9. The normalized spacial score (nSPS) is 12.0. The van der Waals surface area contributed by atoms with Crippen LogP contribution in [0.2, 0.25) is 0 Å². The Kier molecular flexibility index (Phi) is 9.13. The van der Waals surface area contributed by atoms with Gasteiger partial charge in [0.2, 0.25) is 0 Å². The number of rotatable bonds is 9. The molecule has 0 aliphatic rings. The molecule has 0 aromatic rings. The Hall–Kier alpha value is 0.524. The molecular weight excluding hydrogens is 223 g/mol. The minimum absolute atomic E-state index is 0.379. The molecular formula is C9H21FO3Ti. The summed E-state index contributed by atoms with van der Waals surface area (Å²) < 4.78 is 29.1. The SMILES string of the molecule is CCC[O][Ti]([F])([O]CCC)[O]CCC. The summed E-state index contributed by atoms with van der Waals surface area (Å²) in [5.41, 5.74) is 0. The molecule has 0 unspecified atom stereocenters.